The van der Waals surface area contributed by atoms with E-state index in [4.69, 9.17) is 27.9 Å². The molecule has 0 saturated carbocycles. The number of carbonyl (C=O) groups excluding carboxylic acids is 1. The molecule has 1 amide bonds. The Balaban J connectivity index is 1.38. The first-order valence-electron chi connectivity index (χ1n) is 10.7. The zero-order valence-corrected chi connectivity index (χ0v) is 19.1. The molecule has 6 nitrogen and oxygen atoms in total. The van der Waals surface area contributed by atoms with Crippen LogP contribution in [-0.2, 0) is 4.79 Å². The summed E-state index contributed by atoms with van der Waals surface area (Å²) in [5.41, 5.74) is 2.28. The minimum atomic E-state index is -0.296. The van der Waals surface area contributed by atoms with Crippen LogP contribution in [0.15, 0.2) is 54.6 Å². The van der Waals surface area contributed by atoms with Crippen molar-refractivity contribution in [2.24, 2.45) is 0 Å². The van der Waals surface area contributed by atoms with Gasteiger partial charge in [-0.15, -0.1) is 10.2 Å². The Morgan fingerprint density at radius 3 is 2.50 bits per heavy atom. The Labute approximate surface area is 197 Å². The van der Waals surface area contributed by atoms with Gasteiger partial charge < -0.3 is 15.0 Å². The Hall–Kier alpha value is -2.83. The molecule has 0 spiro atoms. The van der Waals surface area contributed by atoms with Crippen LogP contribution in [0, 0.1) is 0 Å². The van der Waals surface area contributed by atoms with E-state index in [0.29, 0.717) is 21.5 Å². The largest absolute Gasteiger partial charge is 0.482 e. The fraction of sp³-hybridized carbons (Fsp3) is 0.292. The molecular weight excluding hydrogens is 447 g/mol. The van der Waals surface area contributed by atoms with Gasteiger partial charge >= 0.3 is 0 Å². The highest BCUT2D eigenvalue weighted by atomic mass is 35.5. The molecule has 166 valence electrons. The second kappa shape index (κ2) is 10.7. The molecule has 32 heavy (non-hydrogen) atoms. The number of rotatable bonds is 6. The number of benzene rings is 2. The van der Waals surface area contributed by atoms with Gasteiger partial charge in [-0.3, -0.25) is 4.79 Å². The van der Waals surface area contributed by atoms with Crippen molar-refractivity contribution in [3.8, 4) is 17.0 Å². The summed E-state index contributed by atoms with van der Waals surface area (Å²) < 4.78 is 5.49. The molecule has 1 fully saturated rings. The van der Waals surface area contributed by atoms with Gasteiger partial charge in [-0.1, -0.05) is 48.2 Å². The number of nitrogens with zero attached hydrogens (tertiary/aromatic N) is 3. The summed E-state index contributed by atoms with van der Waals surface area (Å²) in [5.74, 6) is 1.02. The van der Waals surface area contributed by atoms with Crippen molar-refractivity contribution in [1.29, 1.82) is 0 Å². The summed E-state index contributed by atoms with van der Waals surface area (Å²) in [6.45, 7) is 1.88. The summed E-state index contributed by atoms with van der Waals surface area (Å²) in [4.78, 5) is 14.6. The van der Waals surface area contributed by atoms with Crippen LogP contribution in [-0.4, -0.2) is 35.8 Å². The summed E-state index contributed by atoms with van der Waals surface area (Å²) >= 11 is 11.9. The third kappa shape index (κ3) is 5.90. The van der Waals surface area contributed by atoms with Crippen LogP contribution in [0.5, 0.6) is 5.75 Å². The van der Waals surface area contributed by atoms with Crippen LogP contribution in [0.25, 0.3) is 11.3 Å². The molecule has 0 bridgehead atoms. The topological polar surface area (TPSA) is 67.3 Å². The maximum atomic E-state index is 12.3. The number of ether oxygens (including phenoxy) is 1. The van der Waals surface area contributed by atoms with Crippen molar-refractivity contribution >= 4 is 40.6 Å². The lowest BCUT2D eigenvalue weighted by atomic mass is 10.1. The van der Waals surface area contributed by atoms with Crippen molar-refractivity contribution in [1.82, 2.24) is 10.2 Å². The third-order valence-corrected chi connectivity index (χ3v) is 5.81. The Morgan fingerprint density at radius 2 is 1.78 bits per heavy atom. The van der Waals surface area contributed by atoms with E-state index in [9.17, 15) is 4.79 Å². The van der Waals surface area contributed by atoms with Gasteiger partial charge in [0, 0.05) is 29.4 Å². The van der Waals surface area contributed by atoms with Crippen molar-refractivity contribution in [2.75, 3.05) is 29.9 Å². The van der Waals surface area contributed by atoms with E-state index in [1.807, 2.05) is 36.4 Å². The molecule has 1 aliphatic rings. The summed E-state index contributed by atoms with van der Waals surface area (Å²) in [5, 5.41) is 12.5. The van der Waals surface area contributed by atoms with Gasteiger partial charge in [-0.05, 0) is 55.3 Å². The Morgan fingerprint density at radius 1 is 0.969 bits per heavy atom. The van der Waals surface area contributed by atoms with Crippen LogP contribution >= 0.6 is 23.2 Å². The molecule has 2 heterocycles. The number of hydrogen-bond donors (Lipinski definition) is 1. The average molecular weight is 471 g/mol. The number of carbonyl (C=O) groups is 1. The molecule has 0 radical (unpaired) electrons. The minimum absolute atomic E-state index is 0.171. The predicted octanol–water partition coefficient (Wildman–Crippen LogP) is 5.85. The van der Waals surface area contributed by atoms with Gasteiger partial charge in [0.1, 0.15) is 5.75 Å². The van der Waals surface area contributed by atoms with Crippen LogP contribution < -0.4 is 15.0 Å². The molecule has 8 heteroatoms. The van der Waals surface area contributed by atoms with Crippen molar-refractivity contribution in [3.05, 3.63) is 64.6 Å². The standard InChI is InChI=1S/C24H24Cl2N4O2/c25-18-8-10-22(20(26)15-18)32-16-24(31)27-19-7-5-6-17(14-19)21-9-11-23(29-28-21)30-12-3-1-2-4-13-30/h5-11,14-15H,1-4,12-13,16H2,(H,27,31). The molecule has 1 N–H and O–H groups in total. The van der Waals surface area contributed by atoms with Crippen LogP contribution in [0.1, 0.15) is 25.7 Å². The number of amides is 1. The van der Waals surface area contributed by atoms with Crippen molar-refractivity contribution in [3.63, 3.8) is 0 Å². The third-order valence-electron chi connectivity index (χ3n) is 5.28. The highest BCUT2D eigenvalue weighted by molar-refractivity contribution is 6.35. The first-order chi connectivity index (χ1) is 15.6. The lowest BCUT2D eigenvalue weighted by Gasteiger charge is -2.20. The maximum absolute atomic E-state index is 12.3. The van der Waals surface area contributed by atoms with Crippen LogP contribution in [0.2, 0.25) is 10.0 Å². The molecule has 2 aromatic carbocycles. The van der Waals surface area contributed by atoms with Gasteiger partial charge in [-0.25, -0.2) is 0 Å². The first kappa shape index (κ1) is 22.4. The van der Waals surface area contributed by atoms with Gasteiger partial charge in [0.2, 0.25) is 0 Å². The van der Waals surface area contributed by atoms with Crippen LogP contribution in [0.3, 0.4) is 0 Å². The van der Waals surface area contributed by atoms with Crippen molar-refractivity contribution < 1.29 is 9.53 Å². The first-order valence-corrected chi connectivity index (χ1v) is 11.4. The van der Waals surface area contributed by atoms with E-state index in [1.165, 1.54) is 25.7 Å². The fourth-order valence-electron chi connectivity index (χ4n) is 3.64. The number of hydrogen-bond acceptors (Lipinski definition) is 5. The summed E-state index contributed by atoms with van der Waals surface area (Å²) in [6, 6.07) is 16.3. The minimum Gasteiger partial charge on any atom is -0.482 e. The number of aromatic nitrogens is 2. The van der Waals surface area contributed by atoms with E-state index in [0.717, 1.165) is 30.2 Å². The molecular formula is C24H24Cl2N4O2. The quantitative estimate of drug-likeness (QED) is 0.489. The molecule has 3 aromatic rings. The summed E-state index contributed by atoms with van der Waals surface area (Å²) in [7, 11) is 0. The number of anilines is 2. The molecule has 0 aliphatic carbocycles. The number of halogens is 2. The highest BCUT2D eigenvalue weighted by Gasteiger charge is 2.12. The lowest BCUT2D eigenvalue weighted by molar-refractivity contribution is -0.118. The number of nitrogens with one attached hydrogen (secondary N) is 1. The van der Waals surface area contributed by atoms with E-state index in [2.05, 4.69) is 20.4 Å². The Kier molecular flexibility index (Phi) is 7.45. The zero-order chi connectivity index (χ0) is 22.3. The summed E-state index contributed by atoms with van der Waals surface area (Å²) in [6.07, 6.45) is 4.94. The second-order valence-corrected chi connectivity index (χ2v) is 8.51. The Bertz CT molecular complexity index is 1070. The van der Waals surface area contributed by atoms with Crippen LogP contribution in [0.4, 0.5) is 11.5 Å². The van der Waals surface area contributed by atoms with Gasteiger partial charge in [0.05, 0.1) is 10.7 Å². The predicted molar refractivity (Wildman–Crippen MR) is 129 cm³/mol. The van der Waals surface area contributed by atoms with E-state index >= 15 is 0 Å². The molecule has 1 aliphatic heterocycles. The molecule has 0 atom stereocenters. The second-order valence-electron chi connectivity index (χ2n) is 7.67. The van der Waals surface area contributed by atoms with Gasteiger partial charge in [-0.2, -0.15) is 0 Å². The lowest BCUT2D eigenvalue weighted by Crippen LogP contribution is -2.25. The zero-order valence-electron chi connectivity index (χ0n) is 17.6. The monoisotopic (exact) mass is 470 g/mol. The highest BCUT2D eigenvalue weighted by Crippen LogP contribution is 2.27. The normalized spacial score (nSPS) is 14.0. The average Bonchev–Trinajstić information content (AvgIpc) is 3.08. The van der Waals surface area contributed by atoms with Gasteiger partial charge in [0.25, 0.3) is 5.91 Å². The molecule has 0 unspecified atom stereocenters. The smallest absolute Gasteiger partial charge is 0.262 e. The van der Waals surface area contributed by atoms with Crippen molar-refractivity contribution in [2.45, 2.75) is 25.7 Å². The van der Waals surface area contributed by atoms with E-state index < -0.39 is 0 Å². The molecule has 4 rings (SSSR count). The van der Waals surface area contributed by atoms with E-state index in [-0.39, 0.29) is 12.5 Å². The molecule has 1 aromatic heterocycles. The van der Waals surface area contributed by atoms with E-state index in [1.54, 1.807) is 18.2 Å². The van der Waals surface area contributed by atoms with Gasteiger partial charge in [0.15, 0.2) is 12.4 Å². The fourth-order valence-corrected chi connectivity index (χ4v) is 4.10. The molecule has 1 saturated heterocycles. The maximum Gasteiger partial charge on any atom is 0.262 e. The SMILES string of the molecule is O=C(COc1ccc(Cl)cc1Cl)Nc1cccc(-c2ccc(N3CCCCCC3)nn2)c1.